The number of Topliss-reactive ketones (excluding diaryl/α,β-unsaturated/α-hetero) is 2. The van der Waals surface area contributed by atoms with E-state index in [0.29, 0.717) is 18.6 Å². The van der Waals surface area contributed by atoms with Gasteiger partial charge in [0.25, 0.3) is 0 Å². The van der Waals surface area contributed by atoms with Crippen molar-refractivity contribution in [3.05, 3.63) is 11.3 Å². The molecule has 184 valence electrons. The lowest BCUT2D eigenvalue weighted by Crippen LogP contribution is -2.70. The molecule has 0 aromatic carbocycles. The number of aliphatic hydroxyl groups excluding tert-OH is 1. The van der Waals surface area contributed by atoms with Gasteiger partial charge in [-0.1, -0.05) is 34.6 Å². The Hall–Kier alpha value is -1.73. The van der Waals surface area contributed by atoms with Gasteiger partial charge in [-0.25, -0.2) is 4.79 Å². The van der Waals surface area contributed by atoms with Gasteiger partial charge in [0.1, 0.15) is 17.1 Å². The van der Waals surface area contributed by atoms with Crippen molar-refractivity contribution in [2.75, 3.05) is 7.11 Å². The quantitative estimate of drug-likeness (QED) is 0.455. The van der Waals surface area contributed by atoms with Crippen LogP contribution >= 0.6 is 0 Å². The molecular formula is C26H38O7. The van der Waals surface area contributed by atoms with Gasteiger partial charge < -0.3 is 19.7 Å². The van der Waals surface area contributed by atoms with Crippen LogP contribution in [-0.4, -0.2) is 52.2 Å². The van der Waals surface area contributed by atoms with Crippen molar-refractivity contribution in [1.29, 1.82) is 0 Å². The molecule has 7 nitrogen and oxygen atoms in total. The minimum Gasteiger partial charge on any atom is -0.491 e. The van der Waals surface area contributed by atoms with E-state index in [1.807, 2.05) is 27.7 Å². The molecule has 1 saturated heterocycles. The summed E-state index contributed by atoms with van der Waals surface area (Å²) in [6, 6.07) is 0. The molecular weight excluding hydrogens is 424 g/mol. The monoisotopic (exact) mass is 462 g/mol. The smallest absolute Gasteiger partial charge is 0.346 e. The first-order valence-corrected chi connectivity index (χ1v) is 12.0. The highest BCUT2D eigenvalue weighted by molar-refractivity contribution is 6.16. The van der Waals surface area contributed by atoms with E-state index >= 15 is 0 Å². The first-order chi connectivity index (χ1) is 15.0. The normalized spacial score (nSPS) is 48.9. The maximum atomic E-state index is 13.2. The number of rotatable bonds is 1. The number of methoxy groups -OCH3 is 1. The number of aliphatic hydroxyl groups is 2. The first-order valence-electron chi connectivity index (χ1n) is 12.0. The van der Waals surface area contributed by atoms with Gasteiger partial charge in [-0.2, -0.15) is 0 Å². The summed E-state index contributed by atoms with van der Waals surface area (Å²) in [5.74, 6) is -2.02. The van der Waals surface area contributed by atoms with Gasteiger partial charge in [-0.05, 0) is 39.0 Å². The Kier molecular flexibility index (Phi) is 5.11. The summed E-state index contributed by atoms with van der Waals surface area (Å²) >= 11 is 0. The van der Waals surface area contributed by atoms with E-state index in [1.165, 1.54) is 0 Å². The summed E-state index contributed by atoms with van der Waals surface area (Å²) in [5.41, 5.74) is -4.69. The highest BCUT2D eigenvalue weighted by Gasteiger charge is 2.71. The SMILES string of the molecule is COC(=O)[C@]1(O)C(=O)C(C)=C2O[C@@]3(C)CC[C@@H]4C(C)(C)C(=O)C[C@@H](O)[C@@]4(C)[C@@H]3C[C@]2(C)[C@H]1C. The van der Waals surface area contributed by atoms with Gasteiger partial charge >= 0.3 is 5.97 Å². The molecule has 3 aliphatic carbocycles. The molecule has 1 heterocycles. The Morgan fingerprint density at radius 1 is 1.12 bits per heavy atom. The largest absolute Gasteiger partial charge is 0.491 e. The van der Waals surface area contributed by atoms with Crippen LogP contribution in [0.3, 0.4) is 0 Å². The predicted octanol–water partition coefficient (Wildman–Crippen LogP) is 2.96. The van der Waals surface area contributed by atoms with Crippen LogP contribution in [0.1, 0.15) is 74.1 Å². The van der Waals surface area contributed by atoms with Crippen molar-refractivity contribution in [3.8, 4) is 0 Å². The molecule has 0 amide bonds. The van der Waals surface area contributed by atoms with E-state index < -0.39 is 51.2 Å². The fourth-order valence-electron chi connectivity index (χ4n) is 8.05. The van der Waals surface area contributed by atoms with E-state index in [2.05, 4.69) is 6.92 Å². The van der Waals surface area contributed by atoms with Gasteiger partial charge in [0.2, 0.25) is 11.4 Å². The summed E-state index contributed by atoms with van der Waals surface area (Å²) in [6.45, 7) is 13.3. The van der Waals surface area contributed by atoms with Crippen molar-refractivity contribution in [1.82, 2.24) is 0 Å². The second kappa shape index (κ2) is 6.91. The predicted molar refractivity (Wildman–Crippen MR) is 120 cm³/mol. The summed E-state index contributed by atoms with van der Waals surface area (Å²) in [6.07, 6.45) is 1.23. The molecule has 2 saturated carbocycles. The molecule has 3 fully saturated rings. The zero-order valence-electron chi connectivity index (χ0n) is 21.1. The van der Waals surface area contributed by atoms with Crippen molar-refractivity contribution < 1.29 is 34.1 Å². The van der Waals surface area contributed by atoms with Crippen molar-refractivity contribution in [2.45, 2.75) is 91.5 Å². The van der Waals surface area contributed by atoms with Gasteiger partial charge in [-0.15, -0.1) is 0 Å². The van der Waals surface area contributed by atoms with E-state index in [-0.39, 0.29) is 29.6 Å². The number of ether oxygens (including phenoxy) is 2. The topological polar surface area (TPSA) is 110 Å². The number of carbonyl (C=O) groups excluding carboxylic acids is 3. The first kappa shape index (κ1) is 24.4. The third-order valence-corrected chi connectivity index (χ3v) is 10.4. The molecule has 0 bridgehead atoms. The fraction of sp³-hybridized carbons (Fsp3) is 0.808. The molecule has 2 N–H and O–H groups in total. The van der Waals surface area contributed by atoms with Crippen LogP contribution < -0.4 is 0 Å². The molecule has 0 aromatic heterocycles. The van der Waals surface area contributed by atoms with Gasteiger partial charge in [0.05, 0.1) is 13.2 Å². The molecule has 1 aliphatic heterocycles. The minimum absolute atomic E-state index is 0.0295. The molecule has 4 aliphatic rings. The minimum atomic E-state index is -2.30. The number of esters is 1. The second-order valence-corrected chi connectivity index (χ2v) is 12.2. The zero-order chi connectivity index (χ0) is 24.9. The maximum Gasteiger partial charge on any atom is 0.346 e. The van der Waals surface area contributed by atoms with Crippen LogP contribution in [0.5, 0.6) is 0 Å². The molecule has 0 spiro atoms. The Labute approximate surface area is 195 Å². The Morgan fingerprint density at radius 2 is 1.73 bits per heavy atom. The molecule has 4 rings (SSSR count). The van der Waals surface area contributed by atoms with E-state index in [4.69, 9.17) is 9.47 Å². The lowest BCUT2D eigenvalue weighted by atomic mass is 9.41. The van der Waals surface area contributed by atoms with Crippen molar-refractivity contribution in [3.63, 3.8) is 0 Å². The molecule has 33 heavy (non-hydrogen) atoms. The fourth-order valence-corrected chi connectivity index (χ4v) is 8.05. The average Bonchev–Trinajstić information content (AvgIpc) is 2.75. The van der Waals surface area contributed by atoms with Crippen molar-refractivity contribution in [2.24, 2.45) is 34.0 Å². The van der Waals surface area contributed by atoms with E-state index in [1.54, 1.807) is 13.8 Å². The van der Waals surface area contributed by atoms with E-state index in [0.717, 1.165) is 13.5 Å². The highest BCUT2D eigenvalue weighted by Crippen LogP contribution is 2.68. The lowest BCUT2D eigenvalue weighted by Gasteiger charge is -2.67. The van der Waals surface area contributed by atoms with Crippen LogP contribution in [-0.2, 0) is 23.9 Å². The third-order valence-electron chi connectivity index (χ3n) is 10.4. The number of ketones is 2. The van der Waals surface area contributed by atoms with Crippen LogP contribution in [0.25, 0.3) is 0 Å². The second-order valence-electron chi connectivity index (χ2n) is 12.2. The maximum absolute atomic E-state index is 13.2. The molecule has 0 aromatic rings. The van der Waals surface area contributed by atoms with Crippen LogP contribution in [0, 0.1) is 34.0 Å². The Bertz CT molecular complexity index is 966. The van der Waals surface area contributed by atoms with Gasteiger partial charge in [-0.3, -0.25) is 9.59 Å². The molecule has 0 radical (unpaired) electrons. The summed E-state index contributed by atoms with van der Waals surface area (Å²) in [4.78, 5) is 38.7. The Balaban J connectivity index is 1.88. The zero-order valence-corrected chi connectivity index (χ0v) is 21.1. The Morgan fingerprint density at radius 3 is 2.30 bits per heavy atom. The number of fused-ring (bicyclic) bond motifs is 4. The number of allylic oxidation sites excluding steroid dienone is 1. The molecule has 0 unspecified atom stereocenters. The van der Waals surface area contributed by atoms with Crippen molar-refractivity contribution >= 4 is 17.5 Å². The summed E-state index contributed by atoms with van der Waals surface area (Å²) in [5, 5.41) is 22.7. The summed E-state index contributed by atoms with van der Waals surface area (Å²) < 4.78 is 11.5. The van der Waals surface area contributed by atoms with Crippen LogP contribution in [0.4, 0.5) is 0 Å². The van der Waals surface area contributed by atoms with Gasteiger partial charge in [0.15, 0.2) is 0 Å². The number of hydrogen-bond acceptors (Lipinski definition) is 7. The number of carbonyl (C=O) groups is 3. The summed E-state index contributed by atoms with van der Waals surface area (Å²) in [7, 11) is 1.16. The van der Waals surface area contributed by atoms with Gasteiger partial charge in [0, 0.05) is 40.1 Å². The molecule has 8 atom stereocenters. The third kappa shape index (κ3) is 2.72. The number of hydrogen-bond donors (Lipinski definition) is 2. The van der Waals surface area contributed by atoms with Crippen LogP contribution in [0.2, 0.25) is 0 Å². The standard InChI is InChI=1S/C26H38O7/c1-13-19(29)26(31,21(30)32-8)14(2)23(5)12-16-24(6,33-20(13)23)10-9-15-22(3,4)17(27)11-18(28)25(15,16)7/h14-16,18,28,31H,9-12H2,1-8H3/t14-,15-,16-,18-,23-,24+,25-,26-/m1/s1. The highest BCUT2D eigenvalue weighted by atomic mass is 16.5. The van der Waals surface area contributed by atoms with Crippen LogP contribution in [0.15, 0.2) is 11.3 Å². The molecule has 7 heteroatoms. The average molecular weight is 463 g/mol. The lowest BCUT2D eigenvalue weighted by molar-refractivity contribution is -0.253. The van der Waals surface area contributed by atoms with E-state index in [9.17, 15) is 24.6 Å².